The van der Waals surface area contributed by atoms with Crippen LogP contribution >= 0.6 is 0 Å². The fourth-order valence-electron chi connectivity index (χ4n) is 3.17. The minimum atomic E-state index is -5.08. The molecule has 2 aromatic carbocycles. The van der Waals surface area contributed by atoms with Crippen molar-refractivity contribution in [2.24, 2.45) is 0 Å². The molecule has 0 aromatic heterocycles. The van der Waals surface area contributed by atoms with Crippen LogP contribution in [0.15, 0.2) is 36.4 Å². The molecule has 12 heteroatoms. The average Bonchev–Trinajstić information content (AvgIpc) is 2.74. The fourth-order valence-corrected chi connectivity index (χ4v) is 3.17. The number of hydrogen-bond acceptors (Lipinski definition) is 4. The Morgan fingerprint density at radius 2 is 1.40 bits per heavy atom. The molecular weight excluding hydrogens is 478 g/mol. The zero-order chi connectivity index (χ0) is 26.6. The molecular formula is C23H26F6N4O2. The molecule has 6 nitrogen and oxygen atoms in total. The summed E-state index contributed by atoms with van der Waals surface area (Å²) in [6.07, 6.45) is -9.48. The zero-order valence-corrected chi connectivity index (χ0v) is 19.6. The van der Waals surface area contributed by atoms with Gasteiger partial charge in [0.1, 0.15) is 0 Å². The smallest absolute Gasteiger partial charge is 0.377 e. The van der Waals surface area contributed by atoms with Gasteiger partial charge in [-0.3, -0.25) is 9.59 Å². The lowest BCUT2D eigenvalue weighted by Crippen LogP contribution is -2.28. The van der Waals surface area contributed by atoms with Crippen molar-refractivity contribution in [2.45, 2.75) is 18.8 Å². The Morgan fingerprint density at radius 3 is 1.89 bits per heavy atom. The van der Waals surface area contributed by atoms with Gasteiger partial charge in [0.2, 0.25) is 0 Å². The van der Waals surface area contributed by atoms with E-state index in [0.29, 0.717) is 30.8 Å². The maximum absolute atomic E-state index is 13.1. The molecule has 0 radical (unpaired) electrons. The van der Waals surface area contributed by atoms with Gasteiger partial charge in [0.05, 0.1) is 16.7 Å². The summed E-state index contributed by atoms with van der Waals surface area (Å²) in [7, 11) is 7.16. The molecule has 2 rings (SSSR count). The molecule has 0 saturated heterocycles. The van der Waals surface area contributed by atoms with Gasteiger partial charge in [-0.25, -0.2) is 0 Å². The van der Waals surface area contributed by atoms with Gasteiger partial charge in [-0.15, -0.1) is 0 Å². The first-order valence-electron chi connectivity index (χ1n) is 10.4. The normalized spacial score (nSPS) is 12.0. The summed E-state index contributed by atoms with van der Waals surface area (Å²) < 4.78 is 78.7. The highest BCUT2D eigenvalue weighted by molar-refractivity contribution is 6.06. The van der Waals surface area contributed by atoms with Crippen LogP contribution in [0.5, 0.6) is 0 Å². The van der Waals surface area contributed by atoms with E-state index in [-0.39, 0.29) is 17.3 Å². The van der Waals surface area contributed by atoms with Crippen LogP contribution in [0.4, 0.5) is 37.7 Å². The minimum Gasteiger partial charge on any atom is -0.377 e. The van der Waals surface area contributed by atoms with Crippen molar-refractivity contribution in [3.8, 4) is 0 Å². The van der Waals surface area contributed by atoms with Crippen LogP contribution in [0.25, 0.3) is 0 Å². The van der Waals surface area contributed by atoms with Crippen molar-refractivity contribution < 1.29 is 35.9 Å². The molecule has 35 heavy (non-hydrogen) atoms. The van der Waals surface area contributed by atoms with E-state index in [2.05, 4.69) is 10.6 Å². The Kier molecular flexibility index (Phi) is 8.77. The molecule has 2 N–H and O–H groups in total. The first kappa shape index (κ1) is 28.0. The molecule has 0 aliphatic heterocycles. The molecule has 192 valence electrons. The number of benzene rings is 2. The van der Waals surface area contributed by atoms with Crippen molar-refractivity contribution in [2.75, 3.05) is 51.5 Å². The molecule has 0 spiro atoms. The van der Waals surface area contributed by atoms with Gasteiger partial charge in [-0.2, -0.15) is 26.3 Å². The summed E-state index contributed by atoms with van der Waals surface area (Å²) >= 11 is 0. The lowest BCUT2D eigenvalue weighted by atomic mass is 10.0. The van der Waals surface area contributed by atoms with E-state index < -0.39 is 40.9 Å². The molecule has 0 aliphatic rings. The first-order chi connectivity index (χ1) is 16.1. The average molecular weight is 504 g/mol. The van der Waals surface area contributed by atoms with Crippen molar-refractivity contribution in [1.82, 2.24) is 10.2 Å². The molecule has 2 amide bonds. The number of carbonyl (C=O) groups excluding carboxylic acids is 2. The van der Waals surface area contributed by atoms with Gasteiger partial charge >= 0.3 is 12.4 Å². The second-order valence-electron chi connectivity index (χ2n) is 8.29. The van der Waals surface area contributed by atoms with Crippen LogP contribution < -0.4 is 15.5 Å². The standard InChI is InChI=1S/C23H26F6N4O2/c1-32(2)9-5-8-30-21(35)18-13-17(6-7-19(18)33(3)4)31-20(34)14-10-15(22(24,25)26)12-16(11-14)23(27,28)29/h6-7,10-13H,5,8-9H2,1-4H3,(H,30,35)(H,31,34). The SMILES string of the molecule is CN(C)CCCNC(=O)c1cc(NC(=O)c2cc(C(F)(F)F)cc(C(F)(F)F)c2)ccc1N(C)C. The molecule has 0 unspecified atom stereocenters. The van der Waals surface area contributed by atoms with Crippen molar-refractivity contribution >= 4 is 23.2 Å². The van der Waals surface area contributed by atoms with E-state index in [9.17, 15) is 35.9 Å². The Morgan fingerprint density at radius 1 is 0.829 bits per heavy atom. The van der Waals surface area contributed by atoms with E-state index in [1.54, 1.807) is 19.0 Å². The number of anilines is 2. The highest BCUT2D eigenvalue weighted by Gasteiger charge is 2.37. The van der Waals surface area contributed by atoms with E-state index in [1.165, 1.54) is 18.2 Å². The Hall–Kier alpha value is -3.28. The van der Waals surface area contributed by atoms with E-state index in [4.69, 9.17) is 0 Å². The third-order valence-electron chi connectivity index (χ3n) is 4.90. The van der Waals surface area contributed by atoms with Gasteiger partial charge in [0, 0.05) is 37.6 Å². The predicted octanol–water partition coefficient (Wildman–Crippen LogP) is 4.72. The van der Waals surface area contributed by atoms with Crippen molar-refractivity contribution in [3.63, 3.8) is 0 Å². The highest BCUT2D eigenvalue weighted by Crippen LogP contribution is 2.36. The quantitative estimate of drug-likeness (QED) is 0.403. The fraction of sp³-hybridized carbons (Fsp3) is 0.391. The number of carbonyl (C=O) groups is 2. The summed E-state index contributed by atoms with van der Waals surface area (Å²) in [6, 6.07) is 4.86. The number of hydrogen-bond donors (Lipinski definition) is 2. The minimum absolute atomic E-state index is 0.0324. The maximum atomic E-state index is 13.1. The number of nitrogens with zero attached hydrogens (tertiary/aromatic N) is 2. The van der Waals surface area contributed by atoms with Crippen LogP contribution in [-0.2, 0) is 12.4 Å². The molecule has 0 bridgehead atoms. The van der Waals surface area contributed by atoms with Crippen molar-refractivity contribution in [1.29, 1.82) is 0 Å². The van der Waals surface area contributed by atoms with E-state index >= 15 is 0 Å². The molecule has 2 aromatic rings. The van der Waals surface area contributed by atoms with Crippen LogP contribution in [0, 0.1) is 0 Å². The molecule has 0 fully saturated rings. The molecule has 0 heterocycles. The van der Waals surface area contributed by atoms with Crippen LogP contribution in [0.1, 0.15) is 38.3 Å². The van der Waals surface area contributed by atoms with E-state index in [0.717, 1.165) is 6.54 Å². The number of nitrogens with one attached hydrogen (secondary N) is 2. The van der Waals surface area contributed by atoms with Crippen molar-refractivity contribution in [3.05, 3.63) is 58.7 Å². The summed E-state index contributed by atoms with van der Waals surface area (Å²) in [5.41, 5.74) is -3.30. The Bertz CT molecular complexity index is 1030. The predicted molar refractivity (Wildman–Crippen MR) is 121 cm³/mol. The second-order valence-corrected chi connectivity index (χ2v) is 8.29. The van der Waals surface area contributed by atoms with Gasteiger partial charge in [-0.1, -0.05) is 0 Å². The Balaban J connectivity index is 2.33. The number of halogens is 6. The summed E-state index contributed by atoms with van der Waals surface area (Å²) in [4.78, 5) is 28.9. The zero-order valence-electron chi connectivity index (χ0n) is 19.6. The summed E-state index contributed by atoms with van der Waals surface area (Å²) in [6.45, 7) is 1.12. The summed E-state index contributed by atoms with van der Waals surface area (Å²) in [5, 5.41) is 5.04. The first-order valence-corrected chi connectivity index (χ1v) is 10.4. The lowest BCUT2D eigenvalue weighted by molar-refractivity contribution is -0.143. The van der Waals surface area contributed by atoms with Gasteiger partial charge in [-0.05, 0) is 63.5 Å². The molecule has 0 atom stereocenters. The number of amides is 2. The van der Waals surface area contributed by atoms with Gasteiger partial charge in [0.15, 0.2) is 0 Å². The van der Waals surface area contributed by atoms with Gasteiger partial charge < -0.3 is 20.4 Å². The number of alkyl halides is 6. The monoisotopic (exact) mass is 504 g/mol. The van der Waals surface area contributed by atoms with Crippen LogP contribution in [0.2, 0.25) is 0 Å². The lowest BCUT2D eigenvalue weighted by Gasteiger charge is -2.19. The molecule has 0 saturated carbocycles. The van der Waals surface area contributed by atoms with Crippen LogP contribution in [0.3, 0.4) is 0 Å². The van der Waals surface area contributed by atoms with E-state index in [1.807, 2.05) is 19.0 Å². The largest absolute Gasteiger partial charge is 0.416 e. The van der Waals surface area contributed by atoms with Gasteiger partial charge in [0.25, 0.3) is 11.8 Å². The summed E-state index contributed by atoms with van der Waals surface area (Å²) in [5.74, 6) is -1.63. The highest BCUT2D eigenvalue weighted by atomic mass is 19.4. The third kappa shape index (κ3) is 7.88. The third-order valence-corrected chi connectivity index (χ3v) is 4.90. The van der Waals surface area contributed by atoms with Crippen LogP contribution in [-0.4, -0.2) is 58.0 Å². The molecule has 0 aliphatic carbocycles. The number of rotatable bonds is 8. The Labute approximate surface area is 198 Å². The second kappa shape index (κ2) is 11.0. The maximum Gasteiger partial charge on any atom is 0.416 e. The topological polar surface area (TPSA) is 64.7 Å².